The maximum atomic E-state index is 12.7. The van der Waals surface area contributed by atoms with Crippen LogP contribution < -0.4 is 10.2 Å². The Morgan fingerprint density at radius 1 is 1.03 bits per heavy atom. The van der Waals surface area contributed by atoms with Crippen LogP contribution in [0.3, 0.4) is 0 Å². The molecule has 4 rings (SSSR count). The van der Waals surface area contributed by atoms with Gasteiger partial charge in [-0.1, -0.05) is 26.0 Å². The average Bonchev–Trinajstić information content (AvgIpc) is 3.30. The van der Waals surface area contributed by atoms with E-state index in [2.05, 4.69) is 32.5 Å². The Morgan fingerprint density at radius 2 is 1.77 bits per heavy atom. The molecule has 2 aromatic rings. The standard InChI is InChI=1S/C24H31N5O2/c1-17(2)24(31)28-13-9-19(10-14-28)18-5-7-21(8-6-18)26-23(30)20-11-15-29(16-20)22-4-3-12-25-27-22/h3-8,12,17,19-20H,9-11,13-16H2,1-2H3,(H,26,30)/t20-/m0/s1. The number of amides is 2. The van der Waals surface area contributed by atoms with Crippen molar-refractivity contribution >= 4 is 23.3 Å². The fourth-order valence-electron chi connectivity index (χ4n) is 4.53. The monoisotopic (exact) mass is 421 g/mol. The first-order chi connectivity index (χ1) is 15.0. The van der Waals surface area contributed by atoms with E-state index in [0.29, 0.717) is 12.5 Å². The van der Waals surface area contributed by atoms with Crippen LogP contribution in [0.2, 0.25) is 0 Å². The van der Waals surface area contributed by atoms with Gasteiger partial charge < -0.3 is 15.1 Å². The van der Waals surface area contributed by atoms with Gasteiger partial charge in [0.1, 0.15) is 0 Å². The lowest BCUT2D eigenvalue weighted by Crippen LogP contribution is -2.40. The third-order valence-corrected chi connectivity index (χ3v) is 6.39. The van der Waals surface area contributed by atoms with Crippen LogP contribution in [-0.4, -0.2) is 53.1 Å². The molecule has 2 aliphatic rings. The van der Waals surface area contributed by atoms with Gasteiger partial charge in [0.2, 0.25) is 11.8 Å². The van der Waals surface area contributed by atoms with Crippen molar-refractivity contribution in [1.82, 2.24) is 15.1 Å². The molecule has 2 aliphatic heterocycles. The summed E-state index contributed by atoms with van der Waals surface area (Å²) in [5.74, 6) is 1.61. The molecular weight excluding hydrogens is 390 g/mol. The predicted molar refractivity (Wildman–Crippen MR) is 121 cm³/mol. The van der Waals surface area contributed by atoms with E-state index in [0.717, 1.165) is 50.4 Å². The van der Waals surface area contributed by atoms with Crippen molar-refractivity contribution in [3.63, 3.8) is 0 Å². The van der Waals surface area contributed by atoms with Crippen LogP contribution in [0.5, 0.6) is 0 Å². The Kier molecular flexibility index (Phi) is 6.49. The summed E-state index contributed by atoms with van der Waals surface area (Å²) in [6, 6.07) is 12.0. The molecule has 2 fully saturated rings. The topological polar surface area (TPSA) is 78.4 Å². The summed E-state index contributed by atoms with van der Waals surface area (Å²) in [5.41, 5.74) is 2.11. The molecule has 2 saturated heterocycles. The molecular formula is C24H31N5O2. The zero-order valence-electron chi connectivity index (χ0n) is 18.3. The number of carbonyl (C=O) groups is 2. The molecule has 1 aromatic carbocycles. The molecule has 1 atom stereocenters. The number of hydrogen-bond acceptors (Lipinski definition) is 5. The first-order valence-corrected chi connectivity index (χ1v) is 11.2. The molecule has 31 heavy (non-hydrogen) atoms. The first-order valence-electron chi connectivity index (χ1n) is 11.2. The number of likely N-dealkylation sites (tertiary alicyclic amines) is 1. The minimum absolute atomic E-state index is 0.0514. The molecule has 1 aromatic heterocycles. The molecule has 0 radical (unpaired) electrons. The molecule has 2 amide bonds. The highest BCUT2D eigenvalue weighted by Crippen LogP contribution is 2.30. The second kappa shape index (κ2) is 9.45. The summed E-state index contributed by atoms with van der Waals surface area (Å²) in [5, 5.41) is 11.1. The highest BCUT2D eigenvalue weighted by molar-refractivity contribution is 5.93. The smallest absolute Gasteiger partial charge is 0.229 e. The molecule has 0 bridgehead atoms. The van der Waals surface area contributed by atoms with Gasteiger partial charge in [0.25, 0.3) is 0 Å². The Morgan fingerprint density at radius 3 is 2.42 bits per heavy atom. The fourth-order valence-corrected chi connectivity index (χ4v) is 4.53. The molecule has 7 heteroatoms. The Balaban J connectivity index is 1.28. The molecule has 164 valence electrons. The van der Waals surface area contributed by atoms with Gasteiger partial charge >= 0.3 is 0 Å². The van der Waals surface area contributed by atoms with E-state index in [-0.39, 0.29) is 23.7 Å². The first kappa shape index (κ1) is 21.3. The second-order valence-corrected chi connectivity index (χ2v) is 8.88. The molecule has 1 N–H and O–H groups in total. The zero-order valence-corrected chi connectivity index (χ0v) is 18.3. The largest absolute Gasteiger partial charge is 0.354 e. The van der Waals surface area contributed by atoms with Gasteiger partial charge in [-0.2, -0.15) is 5.10 Å². The van der Waals surface area contributed by atoms with Gasteiger partial charge in [0.05, 0.1) is 5.92 Å². The minimum atomic E-state index is -0.0514. The Labute approximate surface area is 183 Å². The number of carbonyl (C=O) groups excluding carboxylic acids is 2. The van der Waals surface area contributed by atoms with E-state index in [1.54, 1.807) is 6.20 Å². The van der Waals surface area contributed by atoms with Gasteiger partial charge in [-0.3, -0.25) is 9.59 Å². The number of anilines is 2. The summed E-state index contributed by atoms with van der Waals surface area (Å²) in [6.45, 7) is 7.04. The highest BCUT2D eigenvalue weighted by atomic mass is 16.2. The summed E-state index contributed by atoms with van der Waals surface area (Å²) in [7, 11) is 0. The van der Waals surface area contributed by atoms with E-state index >= 15 is 0 Å². The van der Waals surface area contributed by atoms with E-state index in [1.165, 1.54) is 5.56 Å². The lowest BCUT2D eigenvalue weighted by Gasteiger charge is -2.33. The fraction of sp³-hybridized carbons (Fsp3) is 0.500. The zero-order chi connectivity index (χ0) is 21.8. The van der Waals surface area contributed by atoms with Gasteiger partial charge in [-0.25, -0.2) is 0 Å². The van der Waals surface area contributed by atoms with Crippen LogP contribution in [0.4, 0.5) is 11.5 Å². The Hall–Kier alpha value is -2.96. The molecule has 0 saturated carbocycles. The molecule has 0 unspecified atom stereocenters. The summed E-state index contributed by atoms with van der Waals surface area (Å²) < 4.78 is 0. The van der Waals surface area contributed by atoms with Crippen molar-refractivity contribution in [3.05, 3.63) is 48.2 Å². The SMILES string of the molecule is CC(C)C(=O)N1CCC(c2ccc(NC(=O)[C@H]3CCN(c4cccnn4)C3)cc2)CC1. The van der Waals surface area contributed by atoms with Gasteiger partial charge in [0.15, 0.2) is 5.82 Å². The van der Waals surface area contributed by atoms with Crippen LogP contribution in [-0.2, 0) is 9.59 Å². The van der Waals surface area contributed by atoms with Crippen LogP contribution in [0.15, 0.2) is 42.6 Å². The molecule has 7 nitrogen and oxygen atoms in total. The molecule has 0 aliphatic carbocycles. The van der Waals surface area contributed by atoms with Gasteiger partial charge in [-0.05, 0) is 55.0 Å². The Bertz CT molecular complexity index is 892. The third kappa shape index (κ3) is 5.03. The van der Waals surface area contributed by atoms with E-state index in [1.807, 2.05) is 43.0 Å². The van der Waals surface area contributed by atoms with E-state index < -0.39 is 0 Å². The van der Waals surface area contributed by atoms with Gasteiger partial charge in [0, 0.05) is 44.0 Å². The third-order valence-electron chi connectivity index (χ3n) is 6.39. The summed E-state index contributed by atoms with van der Waals surface area (Å²) in [6.07, 6.45) is 4.45. The van der Waals surface area contributed by atoms with Crippen molar-refractivity contribution in [1.29, 1.82) is 0 Å². The lowest BCUT2D eigenvalue weighted by atomic mass is 9.89. The number of nitrogens with zero attached hydrogens (tertiary/aromatic N) is 4. The second-order valence-electron chi connectivity index (χ2n) is 8.88. The minimum Gasteiger partial charge on any atom is -0.354 e. The summed E-state index contributed by atoms with van der Waals surface area (Å²) in [4.78, 5) is 29.0. The van der Waals surface area contributed by atoms with Crippen molar-refractivity contribution < 1.29 is 9.59 Å². The lowest BCUT2D eigenvalue weighted by molar-refractivity contribution is -0.135. The number of piperidine rings is 1. The van der Waals surface area contributed by atoms with Crippen molar-refractivity contribution in [2.75, 3.05) is 36.4 Å². The van der Waals surface area contributed by atoms with Crippen molar-refractivity contribution in [2.24, 2.45) is 11.8 Å². The van der Waals surface area contributed by atoms with Crippen LogP contribution in [0.1, 0.15) is 44.6 Å². The van der Waals surface area contributed by atoms with Gasteiger partial charge in [-0.15, -0.1) is 5.10 Å². The quantitative estimate of drug-likeness (QED) is 0.801. The number of rotatable bonds is 5. The number of hydrogen-bond donors (Lipinski definition) is 1. The van der Waals surface area contributed by atoms with Crippen LogP contribution >= 0.6 is 0 Å². The number of nitrogens with one attached hydrogen (secondary N) is 1. The average molecular weight is 422 g/mol. The normalized spacial score (nSPS) is 19.6. The number of aromatic nitrogens is 2. The maximum absolute atomic E-state index is 12.7. The van der Waals surface area contributed by atoms with Crippen LogP contribution in [0, 0.1) is 11.8 Å². The van der Waals surface area contributed by atoms with E-state index in [4.69, 9.17) is 0 Å². The van der Waals surface area contributed by atoms with E-state index in [9.17, 15) is 9.59 Å². The molecule has 3 heterocycles. The summed E-state index contributed by atoms with van der Waals surface area (Å²) >= 11 is 0. The molecule has 0 spiro atoms. The highest BCUT2D eigenvalue weighted by Gasteiger charge is 2.29. The van der Waals surface area contributed by atoms with Crippen LogP contribution in [0.25, 0.3) is 0 Å². The maximum Gasteiger partial charge on any atom is 0.229 e. The predicted octanol–water partition coefficient (Wildman–Crippen LogP) is 3.30. The van der Waals surface area contributed by atoms with Crippen molar-refractivity contribution in [3.8, 4) is 0 Å². The van der Waals surface area contributed by atoms with Crippen molar-refractivity contribution in [2.45, 2.75) is 39.0 Å². The number of benzene rings is 1.